The van der Waals surface area contributed by atoms with Crippen LogP contribution < -0.4 is 31.2 Å². The summed E-state index contributed by atoms with van der Waals surface area (Å²) in [6, 6.07) is 18.1. The molecule has 214 valence electrons. The molecule has 0 spiro atoms. The van der Waals surface area contributed by atoms with E-state index in [0.29, 0.717) is 12.6 Å². The molecule has 0 aliphatic carbocycles. The molecule has 1 heterocycles. The average Bonchev–Trinajstić information content (AvgIpc) is 2.94. The number of halogens is 1. The SMILES string of the molecule is COc1ccc(/C=C/c2cc(/C=C/c3ccc(OC)cc3)nc(OCCCCSC(N(C)C)=[N+](C)C)n2)cc1.[Br-]. The van der Waals surface area contributed by atoms with Crippen LogP contribution in [0.3, 0.4) is 0 Å². The zero-order valence-corrected chi connectivity index (χ0v) is 26.5. The maximum absolute atomic E-state index is 5.99. The summed E-state index contributed by atoms with van der Waals surface area (Å²) >= 11 is 1.85. The first kappa shape index (κ1) is 32.9. The summed E-state index contributed by atoms with van der Waals surface area (Å²) in [5, 5.41) is 1.24. The third-order valence-corrected chi connectivity index (χ3v) is 7.12. The van der Waals surface area contributed by atoms with Crippen molar-refractivity contribution in [3.8, 4) is 17.5 Å². The number of benzene rings is 2. The Labute approximate surface area is 253 Å². The Morgan fingerprint density at radius 3 is 1.73 bits per heavy atom. The van der Waals surface area contributed by atoms with Gasteiger partial charge in [-0.3, -0.25) is 9.48 Å². The second-order valence-corrected chi connectivity index (χ2v) is 10.3. The van der Waals surface area contributed by atoms with E-state index in [4.69, 9.17) is 14.2 Å². The van der Waals surface area contributed by atoms with Gasteiger partial charge in [0.2, 0.25) is 0 Å². The Bertz CT molecular complexity index is 1200. The van der Waals surface area contributed by atoms with Gasteiger partial charge in [-0.25, -0.2) is 0 Å². The number of methoxy groups -OCH3 is 2. The van der Waals surface area contributed by atoms with Gasteiger partial charge in [-0.05, 0) is 78.2 Å². The Morgan fingerprint density at radius 1 is 0.800 bits per heavy atom. The molecule has 0 unspecified atom stereocenters. The number of hydrogen-bond donors (Lipinski definition) is 0. The summed E-state index contributed by atoms with van der Waals surface area (Å²) in [7, 11) is 11.6. The van der Waals surface area contributed by atoms with Gasteiger partial charge in [0, 0.05) is 5.75 Å². The molecular formula is C31H39BrN4O3S. The van der Waals surface area contributed by atoms with Crippen LogP contribution in [0.25, 0.3) is 24.3 Å². The highest BCUT2D eigenvalue weighted by atomic mass is 79.9. The monoisotopic (exact) mass is 626 g/mol. The lowest BCUT2D eigenvalue weighted by Gasteiger charge is -2.10. The molecule has 0 radical (unpaired) electrons. The van der Waals surface area contributed by atoms with Crippen molar-refractivity contribution < 1.29 is 35.8 Å². The molecule has 0 amide bonds. The van der Waals surface area contributed by atoms with Crippen LogP contribution in [0.5, 0.6) is 17.5 Å². The fourth-order valence-electron chi connectivity index (χ4n) is 3.68. The van der Waals surface area contributed by atoms with Gasteiger partial charge in [-0.2, -0.15) is 9.97 Å². The minimum Gasteiger partial charge on any atom is -1.00 e. The zero-order valence-electron chi connectivity index (χ0n) is 24.1. The molecule has 0 saturated carbocycles. The number of thioether (sulfide) groups is 1. The molecule has 3 rings (SSSR count). The smallest absolute Gasteiger partial charge is 0.317 e. The molecule has 0 bridgehead atoms. The molecule has 0 fully saturated rings. The molecule has 0 aliphatic rings. The normalized spacial score (nSPS) is 10.8. The topological polar surface area (TPSA) is 59.7 Å². The number of hydrogen-bond acceptors (Lipinski definition) is 6. The zero-order chi connectivity index (χ0) is 28.0. The van der Waals surface area contributed by atoms with E-state index in [0.717, 1.165) is 52.6 Å². The van der Waals surface area contributed by atoms with Crippen LogP contribution in [0.4, 0.5) is 0 Å². The summed E-state index contributed by atoms with van der Waals surface area (Å²) in [5.41, 5.74) is 3.65. The molecular weight excluding hydrogens is 588 g/mol. The first-order valence-corrected chi connectivity index (χ1v) is 13.9. The molecule has 2 aromatic carbocycles. The van der Waals surface area contributed by atoms with Crippen LogP contribution in [-0.4, -0.2) is 79.4 Å². The molecule has 0 aliphatic heterocycles. The molecule has 9 heteroatoms. The highest BCUT2D eigenvalue weighted by Crippen LogP contribution is 2.18. The van der Waals surface area contributed by atoms with Gasteiger partial charge in [0.25, 0.3) is 0 Å². The maximum atomic E-state index is 5.99. The summed E-state index contributed by atoms with van der Waals surface area (Å²) in [4.78, 5) is 11.4. The number of rotatable bonds is 12. The van der Waals surface area contributed by atoms with Crippen LogP contribution in [0.1, 0.15) is 35.4 Å². The summed E-state index contributed by atoms with van der Waals surface area (Å²) in [6.07, 6.45) is 9.94. The second kappa shape index (κ2) is 17.4. The van der Waals surface area contributed by atoms with Crippen molar-refractivity contribution in [3.63, 3.8) is 0 Å². The molecule has 40 heavy (non-hydrogen) atoms. The quantitative estimate of drug-likeness (QED) is 0.133. The van der Waals surface area contributed by atoms with Gasteiger partial charge in [0.1, 0.15) is 11.5 Å². The molecule has 0 atom stereocenters. The maximum Gasteiger partial charge on any atom is 0.317 e. The predicted molar refractivity (Wildman–Crippen MR) is 164 cm³/mol. The van der Waals surface area contributed by atoms with Crippen molar-refractivity contribution in [2.24, 2.45) is 0 Å². The van der Waals surface area contributed by atoms with Crippen molar-refractivity contribution in [2.75, 3.05) is 54.8 Å². The summed E-state index contributed by atoms with van der Waals surface area (Å²) < 4.78 is 18.6. The van der Waals surface area contributed by atoms with E-state index in [9.17, 15) is 0 Å². The molecule has 0 N–H and O–H groups in total. The van der Waals surface area contributed by atoms with Gasteiger partial charge in [-0.1, -0.05) is 36.4 Å². The minimum atomic E-state index is 0. The Balaban J connectivity index is 0.00000560. The largest absolute Gasteiger partial charge is 1.00 e. The summed E-state index contributed by atoms with van der Waals surface area (Å²) in [6.45, 7) is 0.563. The van der Waals surface area contributed by atoms with E-state index in [1.807, 2.05) is 90.7 Å². The molecule has 1 aromatic heterocycles. The number of aromatic nitrogens is 2. The fourth-order valence-corrected chi connectivity index (χ4v) is 4.73. The molecule has 7 nitrogen and oxygen atoms in total. The van der Waals surface area contributed by atoms with Crippen molar-refractivity contribution >= 4 is 41.2 Å². The summed E-state index contributed by atoms with van der Waals surface area (Å²) in [5.74, 6) is 2.68. The Hall–Kier alpha value is -3.30. The van der Waals surface area contributed by atoms with Crippen LogP contribution in [0.15, 0.2) is 54.6 Å². The third kappa shape index (κ3) is 11.1. The second-order valence-electron chi connectivity index (χ2n) is 9.19. The fraction of sp³-hybridized carbons (Fsp3) is 0.323. The lowest BCUT2D eigenvalue weighted by Crippen LogP contribution is -3.00. The van der Waals surface area contributed by atoms with E-state index in [2.05, 4.69) is 47.6 Å². The van der Waals surface area contributed by atoms with Crippen LogP contribution >= 0.6 is 11.8 Å². The van der Waals surface area contributed by atoms with E-state index < -0.39 is 0 Å². The third-order valence-electron chi connectivity index (χ3n) is 5.64. The first-order valence-electron chi connectivity index (χ1n) is 12.9. The highest BCUT2D eigenvalue weighted by molar-refractivity contribution is 8.13. The van der Waals surface area contributed by atoms with Crippen molar-refractivity contribution in [1.29, 1.82) is 0 Å². The standard InChI is InChI=1S/C31H39N4O3S.BrH/c1-34(2)31(35(3)4)39-22-8-7-21-38-30-32-26(15-9-24-11-17-28(36-5)18-12-24)23-27(33-30)16-10-25-13-19-29(37-6)20-14-25;/h9-20,23H,7-8,21-22H2,1-6H3;1H/q+1;/p-1/b15-9+,16-10+;. The van der Waals surface area contributed by atoms with Gasteiger partial charge in [-0.15, -0.1) is 0 Å². The highest BCUT2D eigenvalue weighted by Gasteiger charge is 2.11. The Kier molecular flexibility index (Phi) is 14.3. The lowest BCUT2D eigenvalue weighted by atomic mass is 10.1. The number of nitrogens with zero attached hydrogens (tertiary/aromatic N) is 4. The van der Waals surface area contributed by atoms with E-state index >= 15 is 0 Å². The molecule has 3 aromatic rings. The van der Waals surface area contributed by atoms with E-state index in [1.54, 1.807) is 14.2 Å². The minimum absolute atomic E-state index is 0. The number of unbranched alkanes of at least 4 members (excludes halogenated alkanes) is 1. The van der Waals surface area contributed by atoms with Gasteiger partial charge >= 0.3 is 11.2 Å². The van der Waals surface area contributed by atoms with Crippen LogP contribution in [0, 0.1) is 0 Å². The van der Waals surface area contributed by atoms with Crippen LogP contribution in [0.2, 0.25) is 0 Å². The van der Waals surface area contributed by atoms with E-state index in [-0.39, 0.29) is 17.0 Å². The van der Waals surface area contributed by atoms with Crippen molar-refractivity contribution in [2.45, 2.75) is 12.8 Å². The van der Waals surface area contributed by atoms with Crippen molar-refractivity contribution in [1.82, 2.24) is 14.9 Å². The van der Waals surface area contributed by atoms with Gasteiger partial charge in [0.15, 0.2) is 0 Å². The predicted octanol–water partition coefficient (Wildman–Crippen LogP) is 2.92. The molecule has 0 saturated heterocycles. The first-order chi connectivity index (χ1) is 18.9. The van der Waals surface area contributed by atoms with Gasteiger partial charge < -0.3 is 31.2 Å². The number of ether oxygens (including phenoxy) is 3. The average molecular weight is 628 g/mol. The van der Waals surface area contributed by atoms with Gasteiger partial charge in [0.05, 0.1) is 60.4 Å². The Morgan fingerprint density at radius 2 is 1.30 bits per heavy atom. The lowest BCUT2D eigenvalue weighted by molar-refractivity contribution is -0.466. The number of amidine groups is 1. The van der Waals surface area contributed by atoms with Crippen LogP contribution in [-0.2, 0) is 0 Å². The van der Waals surface area contributed by atoms with E-state index in [1.165, 1.54) is 5.17 Å². The van der Waals surface area contributed by atoms with Crippen molar-refractivity contribution in [3.05, 3.63) is 77.1 Å².